The molecule has 1 aliphatic heterocycles. The van der Waals surface area contributed by atoms with Crippen molar-refractivity contribution in [2.24, 2.45) is 4.99 Å². The summed E-state index contributed by atoms with van der Waals surface area (Å²) in [6.07, 6.45) is 1.83. The van der Waals surface area contributed by atoms with Gasteiger partial charge in [-0.2, -0.15) is 0 Å². The van der Waals surface area contributed by atoms with E-state index in [1.165, 1.54) is 5.69 Å². The molecule has 2 aromatic rings. The number of nitrogens with zero attached hydrogens (tertiary/aromatic N) is 2. The third-order valence-electron chi connectivity index (χ3n) is 4.42. The maximum atomic E-state index is 11.0. The molecule has 0 saturated carbocycles. The van der Waals surface area contributed by atoms with E-state index in [0.29, 0.717) is 0 Å². The van der Waals surface area contributed by atoms with Crippen LogP contribution < -0.4 is 4.90 Å². The molecule has 5 nitrogen and oxygen atoms in total. The van der Waals surface area contributed by atoms with Crippen LogP contribution >= 0.6 is 0 Å². The van der Waals surface area contributed by atoms with E-state index < -0.39 is 5.97 Å². The zero-order valence-corrected chi connectivity index (χ0v) is 14.5. The molecule has 0 atom stereocenters. The van der Waals surface area contributed by atoms with Gasteiger partial charge in [0, 0.05) is 25.0 Å². The smallest absolute Gasteiger partial charge is 0.335 e. The Balaban J connectivity index is 1.78. The number of aryl methyl sites for hydroxylation is 2. The number of carbonyl (C=O) groups is 1. The molecule has 3 rings (SSSR count). The molecule has 1 fully saturated rings. The SMILES string of the molecule is Cc1cc(N2CCOCC2)ccc1C=Nc1ccc(C(=O)O)cc1C. The third-order valence-corrected chi connectivity index (χ3v) is 4.42. The monoisotopic (exact) mass is 338 g/mol. The van der Waals surface area contributed by atoms with Crippen LogP contribution in [-0.4, -0.2) is 43.6 Å². The number of carboxylic acids is 1. The summed E-state index contributed by atoms with van der Waals surface area (Å²) in [6.45, 7) is 7.32. The van der Waals surface area contributed by atoms with Crippen molar-refractivity contribution in [1.82, 2.24) is 0 Å². The van der Waals surface area contributed by atoms with Gasteiger partial charge >= 0.3 is 5.97 Å². The number of carboxylic acid groups (broad SMARTS) is 1. The van der Waals surface area contributed by atoms with Crippen molar-refractivity contribution in [3.8, 4) is 0 Å². The highest BCUT2D eigenvalue weighted by Crippen LogP contribution is 2.22. The summed E-state index contributed by atoms with van der Waals surface area (Å²) < 4.78 is 5.40. The second-order valence-electron chi connectivity index (χ2n) is 6.20. The van der Waals surface area contributed by atoms with Crippen LogP contribution in [0.5, 0.6) is 0 Å². The van der Waals surface area contributed by atoms with Crippen LogP contribution in [0.15, 0.2) is 41.4 Å². The van der Waals surface area contributed by atoms with E-state index in [1.807, 2.05) is 13.1 Å². The third kappa shape index (κ3) is 4.06. The summed E-state index contributed by atoms with van der Waals surface area (Å²) in [5, 5.41) is 9.03. The Morgan fingerprint density at radius 2 is 1.88 bits per heavy atom. The van der Waals surface area contributed by atoms with Crippen LogP contribution in [0, 0.1) is 13.8 Å². The Hall–Kier alpha value is -2.66. The highest BCUT2D eigenvalue weighted by molar-refractivity contribution is 5.89. The Kier molecular flexibility index (Phi) is 5.14. The number of rotatable bonds is 4. The minimum Gasteiger partial charge on any atom is -0.478 e. The number of anilines is 1. The molecule has 0 aliphatic carbocycles. The van der Waals surface area contributed by atoms with Crippen molar-refractivity contribution in [3.63, 3.8) is 0 Å². The van der Waals surface area contributed by atoms with Gasteiger partial charge in [-0.25, -0.2) is 4.79 Å². The topological polar surface area (TPSA) is 62.1 Å². The van der Waals surface area contributed by atoms with Crippen molar-refractivity contribution in [3.05, 3.63) is 58.7 Å². The number of ether oxygens (including phenoxy) is 1. The van der Waals surface area contributed by atoms with Gasteiger partial charge in [0.25, 0.3) is 0 Å². The van der Waals surface area contributed by atoms with E-state index in [2.05, 4.69) is 35.0 Å². The van der Waals surface area contributed by atoms with E-state index >= 15 is 0 Å². The second kappa shape index (κ2) is 7.49. The molecule has 1 aliphatic rings. The number of morpholine rings is 1. The Morgan fingerprint density at radius 3 is 2.52 bits per heavy atom. The molecule has 25 heavy (non-hydrogen) atoms. The van der Waals surface area contributed by atoms with Gasteiger partial charge < -0.3 is 14.7 Å². The molecule has 0 aromatic heterocycles. The fraction of sp³-hybridized carbons (Fsp3) is 0.300. The van der Waals surface area contributed by atoms with Gasteiger partial charge in [0.05, 0.1) is 24.5 Å². The fourth-order valence-electron chi connectivity index (χ4n) is 2.90. The van der Waals surface area contributed by atoms with E-state index in [-0.39, 0.29) is 5.56 Å². The molecule has 0 radical (unpaired) electrons. The molecule has 5 heteroatoms. The minimum absolute atomic E-state index is 0.280. The van der Waals surface area contributed by atoms with Gasteiger partial charge in [-0.1, -0.05) is 6.07 Å². The average molecular weight is 338 g/mol. The lowest BCUT2D eigenvalue weighted by atomic mass is 10.1. The first kappa shape index (κ1) is 17.2. The lowest BCUT2D eigenvalue weighted by Gasteiger charge is -2.29. The molecule has 0 amide bonds. The summed E-state index contributed by atoms with van der Waals surface area (Å²) >= 11 is 0. The van der Waals surface area contributed by atoms with Crippen LogP contribution in [0.25, 0.3) is 0 Å². The second-order valence-corrected chi connectivity index (χ2v) is 6.20. The molecule has 0 spiro atoms. The van der Waals surface area contributed by atoms with Gasteiger partial charge in [-0.3, -0.25) is 4.99 Å². The highest BCUT2D eigenvalue weighted by Gasteiger charge is 2.11. The van der Waals surface area contributed by atoms with Crippen molar-refractivity contribution in [2.45, 2.75) is 13.8 Å². The van der Waals surface area contributed by atoms with Gasteiger partial charge in [0.2, 0.25) is 0 Å². The molecule has 1 saturated heterocycles. The van der Waals surface area contributed by atoms with Crippen molar-refractivity contribution in [1.29, 1.82) is 0 Å². The van der Waals surface area contributed by atoms with Gasteiger partial charge in [0.15, 0.2) is 0 Å². The van der Waals surface area contributed by atoms with Crippen molar-refractivity contribution >= 4 is 23.6 Å². The van der Waals surface area contributed by atoms with Crippen LogP contribution in [0.2, 0.25) is 0 Å². The fourth-order valence-corrected chi connectivity index (χ4v) is 2.90. The van der Waals surface area contributed by atoms with E-state index in [1.54, 1.807) is 18.2 Å². The Bertz CT molecular complexity index is 809. The molecule has 0 bridgehead atoms. The molecule has 130 valence electrons. The largest absolute Gasteiger partial charge is 0.478 e. The normalized spacial score (nSPS) is 14.9. The highest BCUT2D eigenvalue weighted by atomic mass is 16.5. The van der Waals surface area contributed by atoms with E-state index in [4.69, 9.17) is 9.84 Å². The average Bonchev–Trinajstić information content (AvgIpc) is 2.62. The first-order valence-corrected chi connectivity index (χ1v) is 8.36. The lowest BCUT2D eigenvalue weighted by molar-refractivity contribution is 0.0697. The minimum atomic E-state index is -0.923. The molecule has 2 aromatic carbocycles. The number of aromatic carboxylic acids is 1. The van der Waals surface area contributed by atoms with Gasteiger partial charge in [-0.15, -0.1) is 0 Å². The molecular formula is C20H22N2O3. The number of hydrogen-bond donors (Lipinski definition) is 1. The summed E-state index contributed by atoms with van der Waals surface area (Å²) in [7, 11) is 0. The van der Waals surface area contributed by atoms with Gasteiger partial charge in [-0.05, 0) is 60.9 Å². The van der Waals surface area contributed by atoms with Crippen LogP contribution in [0.1, 0.15) is 27.0 Å². The molecular weight excluding hydrogens is 316 g/mol. The summed E-state index contributed by atoms with van der Waals surface area (Å²) in [6, 6.07) is 11.3. The lowest BCUT2D eigenvalue weighted by Crippen LogP contribution is -2.36. The zero-order valence-electron chi connectivity index (χ0n) is 14.5. The first-order valence-electron chi connectivity index (χ1n) is 8.36. The molecule has 1 N–H and O–H groups in total. The van der Waals surface area contributed by atoms with Crippen LogP contribution in [0.3, 0.4) is 0 Å². The first-order chi connectivity index (χ1) is 12.0. The summed E-state index contributed by atoms with van der Waals surface area (Å²) in [5.74, 6) is -0.923. The number of benzene rings is 2. The quantitative estimate of drug-likeness (QED) is 0.866. The summed E-state index contributed by atoms with van der Waals surface area (Å²) in [5.41, 5.74) is 5.33. The van der Waals surface area contributed by atoms with E-state index in [0.717, 1.165) is 48.7 Å². The van der Waals surface area contributed by atoms with E-state index in [9.17, 15) is 4.79 Å². The predicted octanol–water partition coefficient (Wildman–Crippen LogP) is 3.59. The standard InChI is InChI=1S/C20H22N2O3/c1-14-12-18(22-7-9-25-10-8-22)5-3-17(14)13-21-19-6-4-16(20(23)24)11-15(19)2/h3-6,11-13H,7-10H2,1-2H3,(H,23,24). The maximum absolute atomic E-state index is 11.0. The number of hydrogen-bond acceptors (Lipinski definition) is 4. The predicted molar refractivity (Wildman–Crippen MR) is 99.6 cm³/mol. The molecule has 1 heterocycles. The maximum Gasteiger partial charge on any atom is 0.335 e. The zero-order chi connectivity index (χ0) is 17.8. The molecule has 0 unspecified atom stereocenters. The van der Waals surface area contributed by atoms with Crippen LogP contribution in [-0.2, 0) is 4.74 Å². The van der Waals surface area contributed by atoms with Crippen molar-refractivity contribution in [2.75, 3.05) is 31.2 Å². The Morgan fingerprint density at radius 1 is 1.12 bits per heavy atom. The summed E-state index contributed by atoms with van der Waals surface area (Å²) in [4.78, 5) is 17.9. The Labute approximate surface area is 147 Å². The van der Waals surface area contributed by atoms with Crippen molar-refractivity contribution < 1.29 is 14.6 Å². The van der Waals surface area contributed by atoms with Gasteiger partial charge in [0.1, 0.15) is 0 Å². The number of aliphatic imine (C=N–C) groups is 1. The van der Waals surface area contributed by atoms with Crippen LogP contribution in [0.4, 0.5) is 11.4 Å².